The molecule has 0 aromatic heterocycles. The maximum Gasteiger partial charge on any atom is 0.0553 e. The molecule has 3 atom stereocenters. The highest BCUT2D eigenvalue weighted by molar-refractivity contribution is 4.86. The first-order valence-electron chi connectivity index (χ1n) is 6.28. The summed E-state index contributed by atoms with van der Waals surface area (Å²) in [5, 5.41) is 0. The minimum absolute atomic E-state index is 0.441. The summed E-state index contributed by atoms with van der Waals surface area (Å²) < 4.78 is 5.76. The standard InChI is InChI=1S/C12H24N2O/c1-9-5-11(6-10(2)15-9)8-14-4-3-12(14)7-13/h9-12H,3-8,13H2,1-2H3. The summed E-state index contributed by atoms with van der Waals surface area (Å²) in [6.07, 6.45) is 4.62. The molecule has 2 saturated heterocycles. The summed E-state index contributed by atoms with van der Waals surface area (Å²) in [5.74, 6) is 0.818. The Morgan fingerprint density at radius 1 is 1.27 bits per heavy atom. The predicted molar refractivity (Wildman–Crippen MR) is 61.8 cm³/mol. The molecule has 3 unspecified atom stereocenters. The number of nitrogens with two attached hydrogens (primary N) is 1. The van der Waals surface area contributed by atoms with E-state index in [1.165, 1.54) is 32.4 Å². The molecule has 0 spiro atoms. The monoisotopic (exact) mass is 212 g/mol. The molecule has 0 amide bonds. The SMILES string of the molecule is CC1CC(CN2CCC2CN)CC(C)O1. The normalized spacial score (nSPS) is 42.6. The second kappa shape index (κ2) is 4.81. The smallest absolute Gasteiger partial charge is 0.0553 e. The highest BCUT2D eigenvalue weighted by atomic mass is 16.5. The second-order valence-corrected chi connectivity index (χ2v) is 5.27. The van der Waals surface area contributed by atoms with E-state index >= 15 is 0 Å². The molecular weight excluding hydrogens is 188 g/mol. The van der Waals surface area contributed by atoms with Gasteiger partial charge in [-0.15, -0.1) is 0 Å². The van der Waals surface area contributed by atoms with Crippen molar-refractivity contribution in [2.75, 3.05) is 19.6 Å². The average Bonchev–Trinajstić information content (AvgIpc) is 2.12. The van der Waals surface area contributed by atoms with E-state index in [0.29, 0.717) is 18.2 Å². The number of likely N-dealkylation sites (tertiary alicyclic amines) is 1. The van der Waals surface area contributed by atoms with Crippen LogP contribution < -0.4 is 5.73 Å². The first kappa shape index (κ1) is 11.4. The average molecular weight is 212 g/mol. The van der Waals surface area contributed by atoms with E-state index in [9.17, 15) is 0 Å². The number of rotatable bonds is 3. The van der Waals surface area contributed by atoms with Gasteiger partial charge in [-0.3, -0.25) is 4.90 Å². The summed E-state index contributed by atoms with van der Waals surface area (Å²) in [4.78, 5) is 2.55. The van der Waals surface area contributed by atoms with E-state index in [2.05, 4.69) is 18.7 Å². The molecule has 0 bridgehead atoms. The summed E-state index contributed by atoms with van der Waals surface area (Å²) in [6, 6.07) is 0.665. The Bertz CT molecular complexity index is 198. The van der Waals surface area contributed by atoms with Gasteiger partial charge in [0, 0.05) is 25.7 Å². The minimum atomic E-state index is 0.441. The second-order valence-electron chi connectivity index (χ2n) is 5.27. The van der Waals surface area contributed by atoms with E-state index < -0.39 is 0 Å². The van der Waals surface area contributed by atoms with E-state index in [0.717, 1.165) is 12.5 Å². The van der Waals surface area contributed by atoms with Gasteiger partial charge >= 0.3 is 0 Å². The van der Waals surface area contributed by atoms with Crippen LogP contribution in [0.4, 0.5) is 0 Å². The van der Waals surface area contributed by atoms with Crippen molar-refractivity contribution < 1.29 is 4.74 Å². The Morgan fingerprint density at radius 3 is 2.40 bits per heavy atom. The van der Waals surface area contributed by atoms with Gasteiger partial charge in [0.15, 0.2) is 0 Å². The molecule has 15 heavy (non-hydrogen) atoms. The zero-order valence-corrected chi connectivity index (χ0v) is 9.98. The number of nitrogens with zero attached hydrogens (tertiary/aromatic N) is 1. The Labute approximate surface area is 93.0 Å². The third-order valence-corrected chi connectivity index (χ3v) is 3.83. The van der Waals surface area contributed by atoms with E-state index in [1.807, 2.05) is 0 Å². The van der Waals surface area contributed by atoms with Crippen molar-refractivity contribution in [3.8, 4) is 0 Å². The molecule has 2 heterocycles. The van der Waals surface area contributed by atoms with Crippen LogP contribution in [0.5, 0.6) is 0 Å². The lowest BCUT2D eigenvalue weighted by atomic mass is 9.90. The molecule has 2 aliphatic heterocycles. The van der Waals surface area contributed by atoms with Gasteiger partial charge in [0.2, 0.25) is 0 Å². The molecule has 88 valence electrons. The highest BCUT2D eigenvalue weighted by Crippen LogP contribution is 2.28. The molecule has 2 N–H and O–H groups in total. The van der Waals surface area contributed by atoms with Gasteiger partial charge in [0.1, 0.15) is 0 Å². The molecule has 0 aromatic carbocycles. The summed E-state index contributed by atoms with van der Waals surface area (Å²) in [7, 11) is 0. The first-order valence-corrected chi connectivity index (χ1v) is 6.28. The fourth-order valence-corrected chi connectivity index (χ4v) is 3.02. The third kappa shape index (κ3) is 2.71. The molecule has 0 aromatic rings. The molecule has 3 heteroatoms. The van der Waals surface area contributed by atoms with E-state index in [4.69, 9.17) is 10.5 Å². The van der Waals surface area contributed by atoms with Crippen molar-refractivity contribution in [1.82, 2.24) is 4.90 Å². The van der Waals surface area contributed by atoms with Crippen LogP contribution in [-0.2, 0) is 4.74 Å². The van der Waals surface area contributed by atoms with Crippen LogP contribution in [0.1, 0.15) is 33.1 Å². The van der Waals surface area contributed by atoms with Crippen LogP contribution in [0.25, 0.3) is 0 Å². The van der Waals surface area contributed by atoms with Gasteiger partial charge in [-0.1, -0.05) is 0 Å². The quantitative estimate of drug-likeness (QED) is 0.764. The van der Waals surface area contributed by atoms with Crippen LogP contribution >= 0.6 is 0 Å². The number of ether oxygens (including phenoxy) is 1. The third-order valence-electron chi connectivity index (χ3n) is 3.83. The molecule has 2 aliphatic rings. The predicted octanol–water partition coefficient (Wildman–Crippen LogP) is 1.22. The molecule has 3 nitrogen and oxygen atoms in total. The minimum Gasteiger partial charge on any atom is -0.376 e. The van der Waals surface area contributed by atoms with Crippen molar-refractivity contribution in [2.45, 2.75) is 51.4 Å². The van der Waals surface area contributed by atoms with Gasteiger partial charge < -0.3 is 10.5 Å². The molecule has 0 radical (unpaired) electrons. The first-order chi connectivity index (χ1) is 7.19. The molecule has 0 saturated carbocycles. The lowest BCUT2D eigenvalue weighted by molar-refractivity contribution is -0.0647. The van der Waals surface area contributed by atoms with Crippen LogP contribution in [0.15, 0.2) is 0 Å². The van der Waals surface area contributed by atoms with Crippen molar-refractivity contribution in [2.24, 2.45) is 11.7 Å². The fourth-order valence-electron chi connectivity index (χ4n) is 3.02. The zero-order chi connectivity index (χ0) is 10.8. The fraction of sp³-hybridized carbons (Fsp3) is 1.00. The Kier molecular flexibility index (Phi) is 3.65. The largest absolute Gasteiger partial charge is 0.376 e. The van der Waals surface area contributed by atoms with E-state index in [-0.39, 0.29) is 0 Å². The zero-order valence-electron chi connectivity index (χ0n) is 9.98. The maximum atomic E-state index is 5.76. The number of hydrogen-bond donors (Lipinski definition) is 1. The molecule has 2 rings (SSSR count). The van der Waals surface area contributed by atoms with Crippen molar-refractivity contribution >= 4 is 0 Å². The maximum absolute atomic E-state index is 5.76. The molecule has 2 fully saturated rings. The van der Waals surface area contributed by atoms with Gasteiger partial charge in [0.05, 0.1) is 12.2 Å². The topological polar surface area (TPSA) is 38.5 Å². The van der Waals surface area contributed by atoms with Crippen LogP contribution in [0.2, 0.25) is 0 Å². The Morgan fingerprint density at radius 2 is 1.93 bits per heavy atom. The lowest BCUT2D eigenvalue weighted by Crippen LogP contribution is -2.54. The van der Waals surface area contributed by atoms with Crippen molar-refractivity contribution in [1.29, 1.82) is 0 Å². The van der Waals surface area contributed by atoms with Gasteiger partial charge in [-0.2, -0.15) is 0 Å². The molecular formula is C12H24N2O. The summed E-state index contributed by atoms with van der Waals surface area (Å²) in [5.41, 5.74) is 5.72. The van der Waals surface area contributed by atoms with Crippen LogP contribution in [0.3, 0.4) is 0 Å². The van der Waals surface area contributed by atoms with Crippen molar-refractivity contribution in [3.63, 3.8) is 0 Å². The summed E-state index contributed by atoms with van der Waals surface area (Å²) in [6.45, 7) is 7.70. The van der Waals surface area contributed by atoms with Crippen LogP contribution in [-0.4, -0.2) is 42.8 Å². The van der Waals surface area contributed by atoms with Gasteiger partial charge in [-0.05, 0) is 39.0 Å². The summed E-state index contributed by atoms with van der Waals surface area (Å²) >= 11 is 0. The van der Waals surface area contributed by atoms with Crippen molar-refractivity contribution in [3.05, 3.63) is 0 Å². The van der Waals surface area contributed by atoms with Crippen LogP contribution in [0, 0.1) is 5.92 Å². The number of hydrogen-bond acceptors (Lipinski definition) is 3. The van der Waals surface area contributed by atoms with Gasteiger partial charge in [0.25, 0.3) is 0 Å². The Hall–Kier alpha value is -0.120. The highest BCUT2D eigenvalue weighted by Gasteiger charge is 2.31. The molecule has 0 aliphatic carbocycles. The van der Waals surface area contributed by atoms with Gasteiger partial charge in [-0.25, -0.2) is 0 Å². The Balaban J connectivity index is 1.78. The lowest BCUT2D eigenvalue weighted by Gasteiger charge is -2.44. The van der Waals surface area contributed by atoms with E-state index in [1.54, 1.807) is 0 Å².